The fraction of sp³-hybridized carbons (Fsp3) is 1.00. The van der Waals surface area contributed by atoms with E-state index < -0.39 is 0 Å². The zero-order valence-electron chi connectivity index (χ0n) is 12.6. The molecule has 0 amide bonds. The average molecular weight is 265 g/mol. The van der Waals surface area contributed by atoms with E-state index in [2.05, 4.69) is 22.0 Å². The van der Waals surface area contributed by atoms with Crippen LogP contribution in [-0.2, 0) is 0 Å². The van der Waals surface area contributed by atoms with Crippen LogP contribution in [0.5, 0.6) is 0 Å². The molecule has 19 heavy (non-hydrogen) atoms. The van der Waals surface area contributed by atoms with Crippen LogP contribution in [0, 0.1) is 5.92 Å². The Balaban J connectivity index is 1.44. The smallest absolute Gasteiger partial charge is 0.0250 e. The van der Waals surface area contributed by atoms with Gasteiger partial charge >= 0.3 is 0 Å². The van der Waals surface area contributed by atoms with Gasteiger partial charge in [-0.1, -0.05) is 13.3 Å². The Morgan fingerprint density at radius 1 is 1.00 bits per heavy atom. The predicted octanol–water partition coefficient (Wildman–Crippen LogP) is 1.93. The van der Waals surface area contributed by atoms with E-state index in [0.29, 0.717) is 0 Å². The van der Waals surface area contributed by atoms with Gasteiger partial charge in [0.05, 0.1) is 0 Å². The molecule has 0 bridgehead atoms. The molecule has 0 aromatic rings. The van der Waals surface area contributed by atoms with Crippen molar-refractivity contribution in [1.82, 2.24) is 15.1 Å². The lowest BCUT2D eigenvalue weighted by molar-refractivity contribution is 0.0842. The first-order chi connectivity index (χ1) is 9.36. The highest BCUT2D eigenvalue weighted by molar-refractivity contribution is 4.92. The molecular weight excluding hydrogens is 234 g/mol. The molecular formula is C16H31N3. The Kier molecular flexibility index (Phi) is 4.78. The van der Waals surface area contributed by atoms with E-state index in [-0.39, 0.29) is 0 Å². The molecule has 3 rings (SSSR count). The first kappa shape index (κ1) is 13.8. The van der Waals surface area contributed by atoms with Gasteiger partial charge in [0.15, 0.2) is 0 Å². The monoisotopic (exact) mass is 265 g/mol. The maximum atomic E-state index is 3.78. The molecule has 0 spiro atoms. The molecule has 1 aliphatic heterocycles. The molecule has 110 valence electrons. The first-order valence-corrected chi connectivity index (χ1v) is 8.56. The van der Waals surface area contributed by atoms with Gasteiger partial charge in [-0.2, -0.15) is 0 Å². The number of hydrogen-bond donors (Lipinski definition) is 1. The highest BCUT2D eigenvalue weighted by Gasteiger charge is 2.34. The van der Waals surface area contributed by atoms with Crippen molar-refractivity contribution in [2.24, 2.45) is 5.92 Å². The summed E-state index contributed by atoms with van der Waals surface area (Å²) in [5.74, 6) is 1.05. The molecule has 2 saturated carbocycles. The first-order valence-electron chi connectivity index (χ1n) is 8.56. The number of rotatable bonds is 6. The fourth-order valence-electron chi connectivity index (χ4n) is 3.89. The molecule has 0 radical (unpaired) electrons. The van der Waals surface area contributed by atoms with Crippen LogP contribution in [0.3, 0.4) is 0 Å². The normalized spacial score (nSPS) is 33.9. The molecule has 2 atom stereocenters. The van der Waals surface area contributed by atoms with E-state index in [1.807, 2.05) is 0 Å². The maximum absolute atomic E-state index is 3.78. The Labute approximate surface area is 118 Å². The highest BCUT2D eigenvalue weighted by atomic mass is 15.3. The van der Waals surface area contributed by atoms with Gasteiger partial charge in [0.1, 0.15) is 0 Å². The molecule has 1 saturated heterocycles. The number of piperazine rings is 1. The van der Waals surface area contributed by atoms with Gasteiger partial charge in [0, 0.05) is 44.8 Å². The second-order valence-electron chi connectivity index (χ2n) is 6.84. The number of hydrogen-bond acceptors (Lipinski definition) is 3. The summed E-state index contributed by atoms with van der Waals surface area (Å²) in [6, 6.07) is 1.60. The van der Waals surface area contributed by atoms with Gasteiger partial charge in [-0.25, -0.2) is 0 Å². The molecule has 1 N–H and O–H groups in total. The van der Waals surface area contributed by atoms with Crippen LogP contribution in [0.15, 0.2) is 0 Å². The van der Waals surface area contributed by atoms with Crippen molar-refractivity contribution in [2.75, 3.05) is 39.3 Å². The molecule has 0 aromatic carbocycles. The van der Waals surface area contributed by atoms with Crippen molar-refractivity contribution in [3.63, 3.8) is 0 Å². The van der Waals surface area contributed by atoms with Crippen molar-refractivity contribution in [2.45, 2.75) is 57.5 Å². The molecule has 3 heteroatoms. The summed E-state index contributed by atoms with van der Waals surface area (Å²) >= 11 is 0. The summed E-state index contributed by atoms with van der Waals surface area (Å²) in [7, 11) is 0. The second-order valence-corrected chi connectivity index (χ2v) is 6.84. The van der Waals surface area contributed by atoms with Crippen LogP contribution in [0.4, 0.5) is 0 Å². The van der Waals surface area contributed by atoms with E-state index >= 15 is 0 Å². The van der Waals surface area contributed by atoms with Crippen molar-refractivity contribution < 1.29 is 0 Å². The standard InChI is InChI=1S/C16H31N3/c1-2-8-17-15-4-3-5-16(15)19-11-9-18(10-12-19)13-14-6-7-14/h14-17H,2-13H2,1H3. The molecule has 2 unspecified atom stereocenters. The van der Waals surface area contributed by atoms with Gasteiger partial charge in [-0.15, -0.1) is 0 Å². The maximum Gasteiger partial charge on any atom is 0.0250 e. The van der Waals surface area contributed by atoms with E-state index in [4.69, 9.17) is 0 Å². The average Bonchev–Trinajstić information content (AvgIpc) is 3.13. The highest BCUT2D eigenvalue weighted by Crippen LogP contribution is 2.30. The van der Waals surface area contributed by atoms with Crippen molar-refractivity contribution in [3.05, 3.63) is 0 Å². The fourth-order valence-corrected chi connectivity index (χ4v) is 3.89. The van der Waals surface area contributed by atoms with Gasteiger partial charge in [-0.3, -0.25) is 4.90 Å². The quantitative estimate of drug-likeness (QED) is 0.792. The van der Waals surface area contributed by atoms with Crippen molar-refractivity contribution in [3.8, 4) is 0 Å². The van der Waals surface area contributed by atoms with Crippen LogP contribution < -0.4 is 5.32 Å². The summed E-state index contributed by atoms with van der Waals surface area (Å²) in [6.07, 6.45) is 8.49. The summed E-state index contributed by atoms with van der Waals surface area (Å²) in [5, 5.41) is 3.78. The largest absolute Gasteiger partial charge is 0.312 e. The minimum Gasteiger partial charge on any atom is -0.312 e. The lowest BCUT2D eigenvalue weighted by Crippen LogP contribution is -2.55. The molecule has 1 heterocycles. The Morgan fingerprint density at radius 2 is 1.79 bits per heavy atom. The molecule has 2 aliphatic carbocycles. The predicted molar refractivity (Wildman–Crippen MR) is 80.5 cm³/mol. The van der Waals surface area contributed by atoms with Crippen LogP contribution in [0.25, 0.3) is 0 Å². The summed E-state index contributed by atoms with van der Waals surface area (Å²) in [6.45, 7) is 10.1. The lowest BCUT2D eigenvalue weighted by atomic mass is 10.1. The number of nitrogens with one attached hydrogen (secondary N) is 1. The molecule has 0 aromatic heterocycles. The van der Waals surface area contributed by atoms with Crippen LogP contribution in [-0.4, -0.2) is 61.2 Å². The van der Waals surface area contributed by atoms with Gasteiger partial charge < -0.3 is 10.2 Å². The van der Waals surface area contributed by atoms with Crippen LogP contribution in [0.2, 0.25) is 0 Å². The zero-order chi connectivity index (χ0) is 13.1. The minimum absolute atomic E-state index is 0.773. The lowest BCUT2D eigenvalue weighted by Gasteiger charge is -2.40. The summed E-state index contributed by atoms with van der Waals surface area (Å²) in [4.78, 5) is 5.49. The third-order valence-corrected chi connectivity index (χ3v) is 5.23. The Hall–Kier alpha value is -0.120. The molecule has 3 aliphatic rings. The van der Waals surface area contributed by atoms with Gasteiger partial charge in [0.25, 0.3) is 0 Å². The van der Waals surface area contributed by atoms with E-state index in [9.17, 15) is 0 Å². The topological polar surface area (TPSA) is 18.5 Å². The Morgan fingerprint density at radius 3 is 2.47 bits per heavy atom. The second kappa shape index (κ2) is 6.55. The SMILES string of the molecule is CCCNC1CCCC1N1CCN(CC2CC2)CC1. The van der Waals surface area contributed by atoms with E-state index in [0.717, 1.165) is 18.0 Å². The zero-order valence-corrected chi connectivity index (χ0v) is 12.6. The van der Waals surface area contributed by atoms with Gasteiger partial charge in [0.2, 0.25) is 0 Å². The van der Waals surface area contributed by atoms with Crippen molar-refractivity contribution in [1.29, 1.82) is 0 Å². The number of nitrogens with zero attached hydrogens (tertiary/aromatic N) is 2. The Bertz CT molecular complexity index is 269. The summed E-state index contributed by atoms with van der Waals surface area (Å²) < 4.78 is 0. The van der Waals surface area contributed by atoms with E-state index in [1.54, 1.807) is 0 Å². The summed E-state index contributed by atoms with van der Waals surface area (Å²) in [5.41, 5.74) is 0. The van der Waals surface area contributed by atoms with E-state index in [1.165, 1.54) is 77.8 Å². The minimum atomic E-state index is 0.773. The molecule has 3 fully saturated rings. The van der Waals surface area contributed by atoms with Gasteiger partial charge in [-0.05, 0) is 44.6 Å². The third-order valence-electron chi connectivity index (χ3n) is 5.23. The van der Waals surface area contributed by atoms with Crippen LogP contribution >= 0.6 is 0 Å². The van der Waals surface area contributed by atoms with Crippen LogP contribution in [0.1, 0.15) is 45.4 Å². The third kappa shape index (κ3) is 3.71. The van der Waals surface area contributed by atoms with Crippen molar-refractivity contribution >= 4 is 0 Å². The molecule has 3 nitrogen and oxygen atoms in total.